The number of fused-ring (bicyclic) bond motifs is 1. The molecule has 1 N–H and O–H groups in total. The minimum Gasteiger partial charge on any atom is -0.493 e. The number of hydrogen-bond donors (Lipinski definition) is 1. The monoisotopic (exact) mass is 426 g/mol. The van der Waals surface area contributed by atoms with Crippen molar-refractivity contribution in [3.05, 3.63) is 42.1 Å². The molecule has 2 heterocycles. The quantitative estimate of drug-likeness (QED) is 0.614. The number of rotatable bonds is 7. The van der Waals surface area contributed by atoms with Gasteiger partial charge in [0.05, 0.1) is 33.4 Å². The first kappa shape index (κ1) is 20.4. The number of hydrogen-bond acceptors (Lipinski definition) is 8. The van der Waals surface area contributed by atoms with Crippen LogP contribution in [-0.4, -0.2) is 45.6 Å². The molecule has 9 nitrogen and oxygen atoms in total. The van der Waals surface area contributed by atoms with Gasteiger partial charge < -0.3 is 33.5 Å². The zero-order valence-electron chi connectivity index (χ0n) is 17.4. The van der Waals surface area contributed by atoms with Crippen molar-refractivity contribution >= 4 is 11.6 Å². The molecule has 0 unspecified atom stereocenters. The topological polar surface area (TPSA) is 101 Å². The Labute approximate surface area is 178 Å². The van der Waals surface area contributed by atoms with Gasteiger partial charge in [-0.05, 0) is 18.2 Å². The fourth-order valence-corrected chi connectivity index (χ4v) is 3.25. The Morgan fingerprint density at radius 2 is 1.68 bits per heavy atom. The summed E-state index contributed by atoms with van der Waals surface area (Å²) in [6, 6.07) is 10.5. The van der Waals surface area contributed by atoms with Crippen molar-refractivity contribution in [1.29, 1.82) is 0 Å². The fraction of sp³-hybridized carbons (Fsp3) is 0.273. The first-order chi connectivity index (χ1) is 15.1. The molecule has 2 aromatic carbocycles. The number of benzene rings is 2. The fourth-order valence-electron chi connectivity index (χ4n) is 3.25. The molecule has 0 saturated heterocycles. The van der Waals surface area contributed by atoms with Crippen molar-refractivity contribution in [2.75, 3.05) is 39.9 Å². The van der Waals surface area contributed by atoms with Crippen LogP contribution >= 0.6 is 0 Å². The molecule has 0 saturated carbocycles. The van der Waals surface area contributed by atoms with Gasteiger partial charge in [0.25, 0.3) is 0 Å². The van der Waals surface area contributed by atoms with Crippen LogP contribution in [0.2, 0.25) is 0 Å². The van der Waals surface area contributed by atoms with E-state index in [2.05, 4.69) is 10.5 Å². The molecule has 0 bridgehead atoms. The zero-order valence-corrected chi connectivity index (χ0v) is 17.4. The summed E-state index contributed by atoms with van der Waals surface area (Å²) in [5, 5.41) is 6.81. The second-order valence-corrected chi connectivity index (χ2v) is 6.68. The normalized spacial score (nSPS) is 12.2. The summed E-state index contributed by atoms with van der Waals surface area (Å²) in [6.07, 6.45) is 0.0325. The van der Waals surface area contributed by atoms with Gasteiger partial charge in [-0.2, -0.15) is 0 Å². The van der Waals surface area contributed by atoms with Crippen LogP contribution in [0.25, 0.3) is 11.3 Å². The molecule has 0 aliphatic carbocycles. The molecule has 1 aromatic heterocycles. The summed E-state index contributed by atoms with van der Waals surface area (Å²) in [5.74, 6) is 2.95. The van der Waals surface area contributed by atoms with E-state index in [0.29, 0.717) is 59.1 Å². The Morgan fingerprint density at radius 3 is 2.35 bits per heavy atom. The summed E-state index contributed by atoms with van der Waals surface area (Å²) in [6.45, 7) is 1.03. The highest BCUT2D eigenvalue weighted by Crippen LogP contribution is 2.40. The Bertz CT molecular complexity index is 1070. The van der Waals surface area contributed by atoms with Gasteiger partial charge in [-0.1, -0.05) is 5.16 Å². The van der Waals surface area contributed by atoms with E-state index in [1.807, 2.05) is 18.2 Å². The van der Waals surface area contributed by atoms with Gasteiger partial charge in [0, 0.05) is 29.4 Å². The Hall–Kier alpha value is -3.88. The Kier molecular flexibility index (Phi) is 5.83. The van der Waals surface area contributed by atoms with Crippen molar-refractivity contribution in [1.82, 2.24) is 5.16 Å². The molecule has 0 fully saturated rings. The average Bonchev–Trinajstić information content (AvgIpc) is 3.26. The van der Waals surface area contributed by atoms with Gasteiger partial charge in [-0.25, -0.2) is 0 Å². The van der Waals surface area contributed by atoms with Crippen LogP contribution in [0.4, 0.5) is 5.69 Å². The number of anilines is 1. The van der Waals surface area contributed by atoms with Gasteiger partial charge in [-0.15, -0.1) is 0 Å². The molecule has 9 heteroatoms. The third-order valence-corrected chi connectivity index (χ3v) is 4.68. The van der Waals surface area contributed by atoms with E-state index in [0.717, 1.165) is 5.56 Å². The standard InChI is InChI=1S/C22H22N2O7/c1-26-19-9-14(10-20(27-2)22(19)28-3)23-21(25)12-15-11-17(31-24-15)13-4-5-16-18(8-13)30-7-6-29-16/h4-5,8-11H,6-7,12H2,1-3H3,(H,23,25). The molecule has 4 rings (SSSR count). The number of methoxy groups -OCH3 is 3. The largest absolute Gasteiger partial charge is 0.493 e. The number of ether oxygens (including phenoxy) is 5. The van der Waals surface area contributed by atoms with Crippen LogP contribution in [0.1, 0.15) is 5.69 Å². The summed E-state index contributed by atoms with van der Waals surface area (Å²) in [4.78, 5) is 12.5. The molecule has 0 radical (unpaired) electrons. The number of nitrogens with one attached hydrogen (secondary N) is 1. The maximum Gasteiger partial charge on any atom is 0.230 e. The van der Waals surface area contributed by atoms with E-state index < -0.39 is 0 Å². The number of nitrogens with zero attached hydrogens (tertiary/aromatic N) is 1. The highest BCUT2D eigenvalue weighted by Gasteiger charge is 2.17. The number of amides is 1. The molecule has 1 amide bonds. The van der Waals surface area contributed by atoms with Crippen LogP contribution in [-0.2, 0) is 11.2 Å². The van der Waals surface area contributed by atoms with Gasteiger partial charge in [0.2, 0.25) is 11.7 Å². The summed E-state index contributed by atoms with van der Waals surface area (Å²) in [5.41, 5.74) is 1.79. The Balaban J connectivity index is 1.46. The van der Waals surface area contributed by atoms with E-state index in [1.165, 1.54) is 21.3 Å². The number of aromatic nitrogens is 1. The Morgan fingerprint density at radius 1 is 0.968 bits per heavy atom. The van der Waals surface area contributed by atoms with Crippen molar-refractivity contribution < 1.29 is 33.0 Å². The van der Waals surface area contributed by atoms with Crippen LogP contribution < -0.4 is 29.0 Å². The van der Waals surface area contributed by atoms with Crippen LogP contribution in [0.3, 0.4) is 0 Å². The van der Waals surface area contributed by atoms with Crippen molar-refractivity contribution in [2.45, 2.75) is 6.42 Å². The van der Waals surface area contributed by atoms with Crippen LogP contribution in [0.5, 0.6) is 28.7 Å². The lowest BCUT2D eigenvalue weighted by atomic mass is 10.1. The highest BCUT2D eigenvalue weighted by molar-refractivity contribution is 5.93. The van der Waals surface area contributed by atoms with E-state index in [9.17, 15) is 4.79 Å². The predicted octanol–water partition coefficient (Wildman–Crippen LogP) is 3.32. The maximum absolute atomic E-state index is 12.5. The minimum atomic E-state index is -0.267. The second kappa shape index (κ2) is 8.86. The lowest BCUT2D eigenvalue weighted by molar-refractivity contribution is -0.115. The molecule has 31 heavy (non-hydrogen) atoms. The lowest BCUT2D eigenvalue weighted by Crippen LogP contribution is -2.15. The SMILES string of the molecule is COc1cc(NC(=O)Cc2cc(-c3ccc4c(c3)OCCO4)on2)cc(OC)c1OC. The third-order valence-electron chi connectivity index (χ3n) is 4.68. The van der Waals surface area contributed by atoms with Gasteiger partial charge in [0.1, 0.15) is 13.2 Å². The highest BCUT2D eigenvalue weighted by atomic mass is 16.6. The number of carbonyl (C=O) groups is 1. The maximum atomic E-state index is 12.5. The molecule has 1 aliphatic rings. The zero-order chi connectivity index (χ0) is 21.8. The second-order valence-electron chi connectivity index (χ2n) is 6.68. The van der Waals surface area contributed by atoms with E-state index >= 15 is 0 Å². The van der Waals surface area contributed by atoms with E-state index in [4.69, 9.17) is 28.2 Å². The summed E-state index contributed by atoms with van der Waals surface area (Å²) >= 11 is 0. The van der Waals surface area contributed by atoms with Crippen molar-refractivity contribution in [3.8, 4) is 40.1 Å². The molecule has 0 spiro atoms. The summed E-state index contributed by atoms with van der Waals surface area (Å²) < 4.78 is 32.4. The number of carbonyl (C=O) groups excluding carboxylic acids is 1. The summed E-state index contributed by atoms with van der Waals surface area (Å²) in [7, 11) is 4.54. The van der Waals surface area contributed by atoms with Gasteiger partial charge >= 0.3 is 0 Å². The lowest BCUT2D eigenvalue weighted by Gasteiger charge is -2.18. The van der Waals surface area contributed by atoms with E-state index in [1.54, 1.807) is 18.2 Å². The first-order valence-electron chi connectivity index (χ1n) is 9.56. The molecule has 1 aliphatic heterocycles. The van der Waals surface area contributed by atoms with Crippen molar-refractivity contribution in [3.63, 3.8) is 0 Å². The molecule has 0 atom stereocenters. The third kappa shape index (κ3) is 4.35. The molecular weight excluding hydrogens is 404 g/mol. The van der Waals surface area contributed by atoms with Crippen LogP contribution in [0.15, 0.2) is 40.9 Å². The molecule has 3 aromatic rings. The average molecular weight is 426 g/mol. The minimum absolute atomic E-state index is 0.0325. The molecule has 162 valence electrons. The van der Waals surface area contributed by atoms with Crippen molar-refractivity contribution in [2.24, 2.45) is 0 Å². The van der Waals surface area contributed by atoms with Gasteiger partial charge in [-0.3, -0.25) is 4.79 Å². The smallest absolute Gasteiger partial charge is 0.230 e. The molecular formula is C22H22N2O7. The van der Waals surface area contributed by atoms with Gasteiger partial charge in [0.15, 0.2) is 28.8 Å². The first-order valence-corrected chi connectivity index (χ1v) is 9.56. The predicted molar refractivity (Wildman–Crippen MR) is 111 cm³/mol. The van der Waals surface area contributed by atoms with Crippen LogP contribution in [0, 0.1) is 0 Å². The van der Waals surface area contributed by atoms with E-state index in [-0.39, 0.29) is 12.3 Å².